The summed E-state index contributed by atoms with van der Waals surface area (Å²) in [5.74, 6) is -0.0756. The minimum atomic E-state index is -0.525. The van der Waals surface area contributed by atoms with E-state index in [1.807, 2.05) is 6.92 Å². The zero-order valence-electron chi connectivity index (χ0n) is 15.3. The van der Waals surface area contributed by atoms with Crippen LogP contribution in [0.1, 0.15) is 43.2 Å². The van der Waals surface area contributed by atoms with E-state index in [9.17, 15) is 9.18 Å². The van der Waals surface area contributed by atoms with Crippen LogP contribution in [0.3, 0.4) is 0 Å². The van der Waals surface area contributed by atoms with Crippen molar-refractivity contribution in [1.82, 2.24) is 10.3 Å². The van der Waals surface area contributed by atoms with Gasteiger partial charge in [0.25, 0.3) is 5.91 Å². The third-order valence-electron chi connectivity index (χ3n) is 4.35. The highest BCUT2D eigenvalue weighted by Crippen LogP contribution is 2.31. The minimum absolute atomic E-state index is 0.157. The molecular weight excluding hydrogens is 333 g/mol. The van der Waals surface area contributed by atoms with Crippen LogP contribution in [0.5, 0.6) is 5.75 Å². The number of carbonyl (C=O) groups excluding carboxylic acids is 1. The largest absolute Gasteiger partial charge is 0.489 e. The fourth-order valence-electron chi connectivity index (χ4n) is 3.41. The summed E-state index contributed by atoms with van der Waals surface area (Å²) in [4.78, 5) is 16.2. The van der Waals surface area contributed by atoms with E-state index in [-0.39, 0.29) is 18.3 Å². The van der Waals surface area contributed by atoms with E-state index in [0.29, 0.717) is 34.8 Å². The van der Waals surface area contributed by atoms with Crippen molar-refractivity contribution in [3.8, 4) is 16.9 Å². The Labute approximate surface area is 152 Å². The molecule has 1 atom stereocenters. The number of halogens is 1. The standard InChI is InChI=1S/C20H24FN3O2/c1-12(2)9-20(3,22)11-26-17-5-4-13(8-15(17)21)14-6-7-23-16-10-24-19(25)18(14)16/h4-8,12H,9-11,22H2,1-3H3,(H,24,25)/t20-/m0/s1. The van der Waals surface area contributed by atoms with Crippen LogP contribution in [-0.4, -0.2) is 23.0 Å². The van der Waals surface area contributed by atoms with Crippen LogP contribution in [0.25, 0.3) is 11.1 Å². The van der Waals surface area contributed by atoms with Gasteiger partial charge in [-0.2, -0.15) is 0 Å². The van der Waals surface area contributed by atoms with E-state index in [2.05, 4.69) is 24.1 Å². The molecule has 138 valence electrons. The molecule has 0 radical (unpaired) electrons. The number of nitrogens with zero attached hydrogens (tertiary/aromatic N) is 1. The molecule has 1 aromatic carbocycles. The van der Waals surface area contributed by atoms with Gasteiger partial charge < -0.3 is 15.8 Å². The molecule has 1 aromatic heterocycles. The van der Waals surface area contributed by atoms with Crippen LogP contribution in [0.15, 0.2) is 30.5 Å². The van der Waals surface area contributed by atoms with Gasteiger partial charge in [0.1, 0.15) is 6.61 Å². The number of ether oxygens (including phenoxy) is 1. The van der Waals surface area contributed by atoms with Gasteiger partial charge in [0.2, 0.25) is 0 Å². The molecule has 0 bridgehead atoms. The predicted molar refractivity (Wildman–Crippen MR) is 98.3 cm³/mol. The van der Waals surface area contributed by atoms with E-state index in [0.717, 1.165) is 6.42 Å². The molecule has 0 unspecified atom stereocenters. The van der Waals surface area contributed by atoms with Crippen molar-refractivity contribution in [3.63, 3.8) is 0 Å². The topological polar surface area (TPSA) is 77.2 Å². The summed E-state index contributed by atoms with van der Waals surface area (Å²) in [6.07, 6.45) is 2.41. The first-order valence-corrected chi connectivity index (χ1v) is 8.74. The molecule has 5 nitrogen and oxygen atoms in total. The van der Waals surface area contributed by atoms with Crippen LogP contribution >= 0.6 is 0 Å². The predicted octanol–water partition coefficient (Wildman–Crippen LogP) is 3.27. The monoisotopic (exact) mass is 357 g/mol. The van der Waals surface area contributed by atoms with Crippen LogP contribution < -0.4 is 15.8 Å². The summed E-state index contributed by atoms with van der Waals surface area (Å²) in [5, 5.41) is 2.74. The number of benzene rings is 1. The Bertz CT molecular complexity index is 834. The quantitative estimate of drug-likeness (QED) is 0.832. The lowest BCUT2D eigenvalue weighted by molar-refractivity contribution is 0.0966. The smallest absolute Gasteiger partial charge is 0.254 e. The van der Waals surface area contributed by atoms with Crippen LogP contribution in [-0.2, 0) is 6.54 Å². The number of nitrogens with two attached hydrogens (primary N) is 1. The van der Waals surface area contributed by atoms with Gasteiger partial charge >= 0.3 is 0 Å². The lowest BCUT2D eigenvalue weighted by Crippen LogP contribution is -2.43. The van der Waals surface area contributed by atoms with E-state index in [1.165, 1.54) is 6.07 Å². The van der Waals surface area contributed by atoms with Crippen molar-refractivity contribution in [1.29, 1.82) is 0 Å². The van der Waals surface area contributed by atoms with Gasteiger partial charge in [-0.3, -0.25) is 9.78 Å². The molecule has 2 aromatic rings. The van der Waals surface area contributed by atoms with Gasteiger partial charge in [0, 0.05) is 11.7 Å². The highest BCUT2D eigenvalue weighted by molar-refractivity contribution is 6.03. The first-order valence-electron chi connectivity index (χ1n) is 8.74. The summed E-state index contributed by atoms with van der Waals surface area (Å²) in [7, 11) is 0. The molecule has 0 spiro atoms. The Hall–Kier alpha value is -2.47. The average Bonchev–Trinajstić information content (AvgIpc) is 2.94. The second-order valence-electron chi connectivity index (χ2n) is 7.55. The second kappa shape index (κ2) is 7.03. The van der Waals surface area contributed by atoms with E-state index >= 15 is 0 Å². The lowest BCUT2D eigenvalue weighted by Gasteiger charge is -2.26. The summed E-state index contributed by atoms with van der Waals surface area (Å²) in [6, 6.07) is 6.43. The van der Waals surface area contributed by atoms with Gasteiger partial charge in [-0.05, 0) is 48.6 Å². The van der Waals surface area contributed by atoms with Gasteiger partial charge in [0.05, 0.1) is 17.8 Å². The number of pyridine rings is 1. The van der Waals surface area contributed by atoms with Crippen molar-refractivity contribution < 1.29 is 13.9 Å². The van der Waals surface area contributed by atoms with Crippen molar-refractivity contribution in [2.45, 2.75) is 39.3 Å². The van der Waals surface area contributed by atoms with E-state index < -0.39 is 11.4 Å². The maximum atomic E-state index is 14.5. The number of amides is 1. The second-order valence-corrected chi connectivity index (χ2v) is 7.55. The van der Waals surface area contributed by atoms with Crippen molar-refractivity contribution in [3.05, 3.63) is 47.5 Å². The highest BCUT2D eigenvalue weighted by Gasteiger charge is 2.25. The number of nitrogens with one attached hydrogen (secondary N) is 1. The third kappa shape index (κ3) is 3.85. The molecule has 1 aliphatic heterocycles. The van der Waals surface area contributed by atoms with Gasteiger partial charge in [-0.15, -0.1) is 0 Å². The molecule has 0 saturated carbocycles. The van der Waals surface area contributed by atoms with Gasteiger partial charge in [-0.1, -0.05) is 19.9 Å². The number of hydrogen-bond acceptors (Lipinski definition) is 4. The maximum Gasteiger partial charge on any atom is 0.254 e. The summed E-state index contributed by atoms with van der Waals surface area (Å²) >= 11 is 0. The Kier molecular flexibility index (Phi) is 4.96. The van der Waals surface area contributed by atoms with Crippen molar-refractivity contribution >= 4 is 5.91 Å². The fourth-order valence-corrected chi connectivity index (χ4v) is 3.41. The van der Waals surface area contributed by atoms with Crippen molar-refractivity contribution in [2.75, 3.05) is 6.61 Å². The molecule has 3 N–H and O–H groups in total. The number of aromatic nitrogens is 1. The lowest BCUT2D eigenvalue weighted by atomic mass is 9.93. The van der Waals surface area contributed by atoms with Crippen LogP contribution in [0.4, 0.5) is 4.39 Å². The normalized spacial score (nSPS) is 15.5. The summed E-state index contributed by atoms with van der Waals surface area (Å²) < 4.78 is 20.2. The van der Waals surface area contributed by atoms with Gasteiger partial charge in [-0.25, -0.2) is 4.39 Å². The zero-order valence-corrected chi connectivity index (χ0v) is 15.3. The Morgan fingerprint density at radius 2 is 2.15 bits per heavy atom. The summed E-state index contributed by atoms with van der Waals surface area (Å²) in [5.41, 5.74) is 8.16. The van der Waals surface area contributed by atoms with Crippen molar-refractivity contribution in [2.24, 2.45) is 11.7 Å². The molecule has 0 saturated heterocycles. The fraction of sp³-hybridized carbons (Fsp3) is 0.400. The molecule has 2 heterocycles. The van der Waals surface area contributed by atoms with Gasteiger partial charge in [0.15, 0.2) is 11.6 Å². The SMILES string of the molecule is CC(C)C[C@](C)(N)COc1ccc(-c2ccnc3c2C(=O)NC3)cc1F. The molecule has 6 heteroatoms. The zero-order chi connectivity index (χ0) is 18.9. The number of hydrogen-bond donors (Lipinski definition) is 2. The van der Waals surface area contributed by atoms with E-state index in [1.54, 1.807) is 24.4 Å². The Morgan fingerprint density at radius 3 is 2.85 bits per heavy atom. The molecule has 0 fully saturated rings. The molecule has 26 heavy (non-hydrogen) atoms. The summed E-state index contributed by atoms with van der Waals surface area (Å²) in [6.45, 7) is 6.71. The average molecular weight is 357 g/mol. The molecule has 3 rings (SSSR count). The first kappa shape index (κ1) is 18.3. The maximum absolute atomic E-state index is 14.5. The number of fused-ring (bicyclic) bond motifs is 1. The first-order chi connectivity index (χ1) is 12.3. The Morgan fingerprint density at radius 1 is 1.38 bits per heavy atom. The number of rotatable bonds is 6. The molecular formula is C20H24FN3O2. The molecule has 0 aliphatic carbocycles. The van der Waals surface area contributed by atoms with Crippen LogP contribution in [0, 0.1) is 11.7 Å². The molecule has 1 aliphatic rings. The minimum Gasteiger partial charge on any atom is -0.489 e. The third-order valence-corrected chi connectivity index (χ3v) is 4.35. The Balaban J connectivity index is 1.81. The van der Waals surface area contributed by atoms with Crippen LogP contribution in [0.2, 0.25) is 0 Å². The molecule has 1 amide bonds. The number of carbonyl (C=O) groups is 1. The van der Waals surface area contributed by atoms with E-state index in [4.69, 9.17) is 10.5 Å². The highest BCUT2D eigenvalue weighted by atomic mass is 19.1.